The third kappa shape index (κ3) is 8.35. The van der Waals surface area contributed by atoms with Crippen molar-refractivity contribution in [3.05, 3.63) is 48.6 Å². The smallest absolute Gasteiger partial charge is 0.338 e. The second kappa shape index (κ2) is 11.9. The number of hydrogen-bond acceptors (Lipinski definition) is 5. The van der Waals surface area contributed by atoms with Gasteiger partial charge >= 0.3 is 17.9 Å². The number of carboxylic acid groups (broad SMARTS) is 2. The van der Waals surface area contributed by atoms with E-state index in [0.29, 0.717) is 17.5 Å². The standard InChI is InChI=1S/C17H23NO2.C4H6O4/c1-4-10-18-12-13(2)16(11-14(18)3)20-17(19)15-8-6-5-7-9-15;5-3(6)1-2-4(7)8/h4-9,13-14,16H,1,10-12H2,2-3H3;1-2H2,(H,5,6)(H,7,8). The van der Waals surface area contributed by atoms with Gasteiger partial charge in [0.25, 0.3) is 0 Å². The molecule has 1 saturated heterocycles. The van der Waals surface area contributed by atoms with Crippen LogP contribution in [0.15, 0.2) is 43.0 Å². The van der Waals surface area contributed by atoms with Crippen LogP contribution >= 0.6 is 0 Å². The van der Waals surface area contributed by atoms with Gasteiger partial charge in [0.2, 0.25) is 0 Å². The first-order valence-corrected chi connectivity index (χ1v) is 9.29. The van der Waals surface area contributed by atoms with Crippen molar-refractivity contribution in [2.45, 2.75) is 45.3 Å². The maximum atomic E-state index is 12.1. The molecule has 0 saturated carbocycles. The first-order chi connectivity index (χ1) is 13.2. The topological polar surface area (TPSA) is 104 Å². The summed E-state index contributed by atoms with van der Waals surface area (Å²) < 4.78 is 5.70. The van der Waals surface area contributed by atoms with Crippen LogP contribution in [0, 0.1) is 5.92 Å². The van der Waals surface area contributed by atoms with E-state index in [1.54, 1.807) is 12.1 Å². The highest BCUT2D eigenvalue weighted by Gasteiger charge is 2.32. The number of hydrogen-bond donors (Lipinski definition) is 2. The zero-order valence-corrected chi connectivity index (χ0v) is 16.4. The summed E-state index contributed by atoms with van der Waals surface area (Å²) in [7, 11) is 0. The second-order valence-corrected chi connectivity index (χ2v) is 6.90. The minimum Gasteiger partial charge on any atom is -0.481 e. The lowest BCUT2D eigenvalue weighted by molar-refractivity contribution is -0.143. The number of carboxylic acids is 2. The van der Waals surface area contributed by atoms with Crippen molar-refractivity contribution in [2.24, 2.45) is 5.92 Å². The highest BCUT2D eigenvalue weighted by molar-refractivity contribution is 5.89. The first kappa shape index (κ1) is 23.4. The van der Waals surface area contributed by atoms with E-state index in [2.05, 4.69) is 25.3 Å². The molecule has 154 valence electrons. The van der Waals surface area contributed by atoms with E-state index < -0.39 is 11.9 Å². The van der Waals surface area contributed by atoms with Crippen LogP contribution in [0.5, 0.6) is 0 Å². The summed E-state index contributed by atoms with van der Waals surface area (Å²) in [6.07, 6.45) is 2.22. The second-order valence-electron chi connectivity index (χ2n) is 6.90. The summed E-state index contributed by atoms with van der Waals surface area (Å²) >= 11 is 0. The lowest BCUT2D eigenvalue weighted by Crippen LogP contribution is -2.48. The van der Waals surface area contributed by atoms with E-state index >= 15 is 0 Å². The number of esters is 1. The molecule has 0 aliphatic carbocycles. The Labute approximate surface area is 165 Å². The van der Waals surface area contributed by atoms with E-state index in [0.717, 1.165) is 19.5 Å². The molecule has 1 aromatic rings. The molecule has 0 radical (unpaired) electrons. The van der Waals surface area contributed by atoms with Crippen LogP contribution in [-0.4, -0.2) is 58.3 Å². The summed E-state index contributed by atoms with van der Waals surface area (Å²) in [6.45, 7) is 9.96. The number of benzene rings is 1. The molecular formula is C21H29NO6. The van der Waals surface area contributed by atoms with Crippen molar-refractivity contribution in [1.82, 2.24) is 4.90 Å². The Hall–Kier alpha value is -2.67. The van der Waals surface area contributed by atoms with Crippen LogP contribution in [0.3, 0.4) is 0 Å². The van der Waals surface area contributed by atoms with Crippen LogP contribution in [0.4, 0.5) is 0 Å². The summed E-state index contributed by atoms with van der Waals surface area (Å²) in [5, 5.41) is 15.8. The first-order valence-electron chi connectivity index (χ1n) is 9.29. The van der Waals surface area contributed by atoms with Crippen LogP contribution in [-0.2, 0) is 14.3 Å². The number of likely N-dealkylation sites (tertiary alicyclic amines) is 1. The third-order valence-electron chi connectivity index (χ3n) is 4.54. The van der Waals surface area contributed by atoms with Crippen molar-refractivity contribution < 1.29 is 29.3 Å². The normalized spacial score (nSPS) is 21.7. The van der Waals surface area contributed by atoms with E-state index in [-0.39, 0.29) is 24.9 Å². The molecular weight excluding hydrogens is 362 g/mol. The zero-order chi connectivity index (χ0) is 21.1. The summed E-state index contributed by atoms with van der Waals surface area (Å²) in [5.41, 5.74) is 0.626. The average Bonchev–Trinajstić information content (AvgIpc) is 2.65. The largest absolute Gasteiger partial charge is 0.481 e. The van der Waals surface area contributed by atoms with Gasteiger partial charge in [0, 0.05) is 31.5 Å². The predicted octanol–water partition coefficient (Wildman–Crippen LogP) is 3.06. The number of nitrogens with zero attached hydrogens (tertiary/aromatic N) is 1. The van der Waals surface area contributed by atoms with Gasteiger partial charge in [0.15, 0.2) is 0 Å². The molecule has 1 fully saturated rings. The highest BCUT2D eigenvalue weighted by atomic mass is 16.5. The molecule has 1 heterocycles. The van der Waals surface area contributed by atoms with Crippen molar-refractivity contribution in [3.63, 3.8) is 0 Å². The number of piperidine rings is 1. The number of rotatable bonds is 7. The molecule has 2 N–H and O–H groups in total. The maximum absolute atomic E-state index is 12.1. The number of ether oxygens (including phenoxy) is 1. The fraction of sp³-hybridized carbons (Fsp3) is 0.476. The molecule has 3 atom stereocenters. The molecule has 1 aliphatic heterocycles. The van der Waals surface area contributed by atoms with Crippen molar-refractivity contribution in [3.8, 4) is 0 Å². The molecule has 1 aliphatic rings. The molecule has 0 bridgehead atoms. The minimum absolute atomic E-state index is 0.00114. The van der Waals surface area contributed by atoms with Gasteiger partial charge in [-0.3, -0.25) is 14.5 Å². The summed E-state index contributed by atoms with van der Waals surface area (Å²) in [4.78, 5) is 33.8. The van der Waals surface area contributed by atoms with Crippen LogP contribution < -0.4 is 0 Å². The molecule has 0 spiro atoms. The van der Waals surface area contributed by atoms with Gasteiger partial charge in [0.1, 0.15) is 6.10 Å². The Morgan fingerprint density at radius 2 is 1.71 bits per heavy atom. The molecule has 1 aromatic carbocycles. The average molecular weight is 391 g/mol. The number of carbonyl (C=O) groups excluding carboxylic acids is 1. The lowest BCUT2D eigenvalue weighted by atomic mass is 9.91. The predicted molar refractivity (Wildman–Crippen MR) is 105 cm³/mol. The van der Waals surface area contributed by atoms with Crippen molar-refractivity contribution >= 4 is 17.9 Å². The molecule has 28 heavy (non-hydrogen) atoms. The quantitative estimate of drug-likeness (QED) is 0.544. The minimum atomic E-state index is -1.08. The Bertz CT molecular complexity index is 646. The Balaban J connectivity index is 0.000000416. The van der Waals surface area contributed by atoms with Crippen LogP contribution in [0.2, 0.25) is 0 Å². The zero-order valence-electron chi connectivity index (χ0n) is 16.4. The molecule has 0 aromatic heterocycles. The van der Waals surface area contributed by atoms with E-state index in [1.807, 2.05) is 24.3 Å². The van der Waals surface area contributed by atoms with Gasteiger partial charge in [-0.2, -0.15) is 0 Å². The van der Waals surface area contributed by atoms with Gasteiger partial charge in [-0.05, 0) is 19.1 Å². The number of aliphatic carboxylic acids is 2. The highest BCUT2D eigenvalue weighted by Crippen LogP contribution is 2.25. The van der Waals surface area contributed by atoms with Gasteiger partial charge in [0.05, 0.1) is 18.4 Å². The van der Waals surface area contributed by atoms with Gasteiger partial charge in [-0.25, -0.2) is 4.79 Å². The van der Waals surface area contributed by atoms with E-state index in [9.17, 15) is 14.4 Å². The van der Waals surface area contributed by atoms with Gasteiger partial charge in [-0.1, -0.05) is 31.2 Å². The van der Waals surface area contributed by atoms with Crippen molar-refractivity contribution in [1.29, 1.82) is 0 Å². The van der Waals surface area contributed by atoms with Gasteiger partial charge < -0.3 is 14.9 Å². The Morgan fingerprint density at radius 1 is 1.14 bits per heavy atom. The Kier molecular flexibility index (Phi) is 9.95. The maximum Gasteiger partial charge on any atom is 0.338 e. The Morgan fingerprint density at radius 3 is 2.21 bits per heavy atom. The SMILES string of the molecule is C=CCN1CC(C)C(OC(=O)c2ccccc2)CC1C.O=C(O)CCC(=O)O. The fourth-order valence-corrected chi connectivity index (χ4v) is 2.96. The van der Waals surface area contributed by atoms with Crippen molar-refractivity contribution in [2.75, 3.05) is 13.1 Å². The van der Waals surface area contributed by atoms with Crippen LogP contribution in [0.1, 0.15) is 43.5 Å². The van der Waals surface area contributed by atoms with E-state index in [1.165, 1.54) is 0 Å². The van der Waals surface area contributed by atoms with Gasteiger partial charge in [-0.15, -0.1) is 6.58 Å². The van der Waals surface area contributed by atoms with Crippen LogP contribution in [0.25, 0.3) is 0 Å². The fourth-order valence-electron chi connectivity index (χ4n) is 2.96. The monoisotopic (exact) mass is 391 g/mol. The van der Waals surface area contributed by atoms with E-state index in [4.69, 9.17) is 14.9 Å². The number of carbonyl (C=O) groups is 3. The summed E-state index contributed by atoms with van der Waals surface area (Å²) in [6, 6.07) is 9.62. The molecule has 2 rings (SSSR count). The lowest BCUT2D eigenvalue weighted by Gasteiger charge is -2.40. The molecule has 7 heteroatoms. The molecule has 7 nitrogen and oxygen atoms in total. The third-order valence-corrected chi connectivity index (χ3v) is 4.54. The summed E-state index contributed by atoms with van der Waals surface area (Å²) in [5.74, 6) is -2.02. The molecule has 3 unspecified atom stereocenters. The molecule has 0 amide bonds.